The number of pyridine rings is 1. The molecule has 0 unspecified atom stereocenters. The summed E-state index contributed by atoms with van der Waals surface area (Å²) < 4.78 is 0.646. The maximum absolute atomic E-state index is 12.2. The van der Waals surface area contributed by atoms with Crippen LogP contribution in [-0.2, 0) is 6.42 Å². The molecule has 6 heteroatoms. The van der Waals surface area contributed by atoms with E-state index in [9.17, 15) is 4.79 Å². The highest BCUT2D eigenvalue weighted by molar-refractivity contribution is 9.10. The van der Waals surface area contributed by atoms with Crippen LogP contribution < -0.4 is 10.6 Å². The van der Waals surface area contributed by atoms with Crippen LogP contribution in [0.25, 0.3) is 0 Å². The third-order valence-electron chi connectivity index (χ3n) is 3.14. The zero-order valence-corrected chi connectivity index (χ0v) is 12.8. The first-order chi connectivity index (χ1) is 9.63. The summed E-state index contributed by atoms with van der Waals surface area (Å²) in [5.41, 5.74) is 3.49. The number of nitrogens with zero attached hydrogens (tertiary/aromatic N) is 1. The van der Waals surface area contributed by atoms with Gasteiger partial charge in [0.2, 0.25) is 0 Å². The molecular formula is C14H11BrClN3O. The summed E-state index contributed by atoms with van der Waals surface area (Å²) in [6, 6.07) is 7.41. The molecule has 1 aromatic heterocycles. The van der Waals surface area contributed by atoms with E-state index in [-0.39, 0.29) is 5.91 Å². The molecule has 1 aliphatic rings. The monoisotopic (exact) mass is 351 g/mol. The normalized spacial score (nSPS) is 12.7. The summed E-state index contributed by atoms with van der Waals surface area (Å²) in [6.45, 7) is 0.925. The first-order valence-corrected chi connectivity index (χ1v) is 7.30. The maximum Gasteiger partial charge on any atom is 0.255 e. The number of carbonyl (C=O) groups excluding carboxylic acids is 1. The first kappa shape index (κ1) is 13.4. The Kier molecular flexibility index (Phi) is 3.63. The molecule has 102 valence electrons. The highest BCUT2D eigenvalue weighted by Gasteiger charge is 2.14. The van der Waals surface area contributed by atoms with Gasteiger partial charge in [-0.3, -0.25) is 4.79 Å². The van der Waals surface area contributed by atoms with E-state index < -0.39 is 0 Å². The van der Waals surface area contributed by atoms with Crippen LogP contribution in [0.1, 0.15) is 15.9 Å². The third-order valence-corrected chi connectivity index (χ3v) is 4.27. The van der Waals surface area contributed by atoms with E-state index in [1.54, 1.807) is 6.07 Å². The number of rotatable bonds is 2. The van der Waals surface area contributed by atoms with Crippen molar-refractivity contribution in [3.8, 4) is 0 Å². The third kappa shape index (κ3) is 2.64. The SMILES string of the molecule is O=C(Nc1cnc(Cl)c(Br)c1)c1ccc2c(c1)NCC2. The molecule has 4 nitrogen and oxygen atoms in total. The fourth-order valence-corrected chi connectivity index (χ4v) is 2.58. The van der Waals surface area contributed by atoms with Crippen molar-refractivity contribution < 1.29 is 4.79 Å². The minimum atomic E-state index is -0.169. The summed E-state index contributed by atoms with van der Waals surface area (Å²) >= 11 is 9.10. The van der Waals surface area contributed by atoms with Gasteiger partial charge in [-0.15, -0.1) is 0 Å². The van der Waals surface area contributed by atoms with E-state index in [1.807, 2.05) is 18.2 Å². The van der Waals surface area contributed by atoms with Crippen LogP contribution >= 0.6 is 27.5 Å². The first-order valence-electron chi connectivity index (χ1n) is 6.13. The van der Waals surface area contributed by atoms with Crippen LogP contribution in [0.15, 0.2) is 34.9 Å². The van der Waals surface area contributed by atoms with Crippen LogP contribution in [0, 0.1) is 0 Å². The number of hydrogen-bond donors (Lipinski definition) is 2. The topological polar surface area (TPSA) is 54.0 Å². The zero-order chi connectivity index (χ0) is 14.1. The van der Waals surface area contributed by atoms with E-state index in [2.05, 4.69) is 31.5 Å². The number of aromatic nitrogens is 1. The summed E-state index contributed by atoms with van der Waals surface area (Å²) in [5.74, 6) is -0.169. The number of carbonyl (C=O) groups is 1. The Balaban J connectivity index is 1.80. The highest BCUT2D eigenvalue weighted by atomic mass is 79.9. The Morgan fingerprint density at radius 1 is 1.40 bits per heavy atom. The smallest absolute Gasteiger partial charge is 0.255 e. The van der Waals surface area contributed by atoms with Crippen molar-refractivity contribution in [2.45, 2.75) is 6.42 Å². The molecule has 1 aromatic carbocycles. The lowest BCUT2D eigenvalue weighted by Crippen LogP contribution is -2.12. The molecule has 0 fully saturated rings. The summed E-state index contributed by atoms with van der Waals surface area (Å²) in [5, 5.41) is 6.42. The number of benzene rings is 1. The van der Waals surface area contributed by atoms with Gasteiger partial charge in [-0.25, -0.2) is 4.98 Å². The number of nitrogens with one attached hydrogen (secondary N) is 2. The van der Waals surface area contributed by atoms with Crippen LogP contribution in [0.4, 0.5) is 11.4 Å². The van der Waals surface area contributed by atoms with Crippen molar-refractivity contribution in [1.29, 1.82) is 0 Å². The van der Waals surface area contributed by atoms with E-state index in [1.165, 1.54) is 11.8 Å². The second-order valence-electron chi connectivity index (χ2n) is 4.50. The number of anilines is 2. The van der Waals surface area contributed by atoms with Gasteiger partial charge in [0, 0.05) is 17.8 Å². The molecule has 0 bridgehead atoms. The quantitative estimate of drug-likeness (QED) is 0.810. The molecule has 20 heavy (non-hydrogen) atoms. The van der Waals surface area contributed by atoms with Gasteiger partial charge in [-0.2, -0.15) is 0 Å². The summed E-state index contributed by atoms with van der Waals surface area (Å²) in [4.78, 5) is 16.2. The molecule has 0 atom stereocenters. The lowest BCUT2D eigenvalue weighted by atomic mass is 10.1. The Bertz CT molecular complexity index is 690. The lowest BCUT2D eigenvalue weighted by molar-refractivity contribution is 0.102. The fourth-order valence-electron chi connectivity index (χ4n) is 2.12. The molecule has 2 aromatic rings. The van der Waals surface area contributed by atoms with Crippen molar-refractivity contribution in [2.24, 2.45) is 0 Å². The van der Waals surface area contributed by atoms with Gasteiger partial charge in [0.1, 0.15) is 5.15 Å². The predicted molar refractivity (Wildman–Crippen MR) is 83.5 cm³/mol. The second-order valence-corrected chi connectivity index (χ2v) is 5.71. The van der Waals surface area contributed by atoms with Crippen LogP contribution in [0.5, 0.6) is 0 Å². The lowest BCUT2D eigenvalue weighted by Gasteiger charge is -2.07. The number of fused-ring (bicyclic) bond motifs is 1. The predicted octanol–water partition coefficient (Wildman–Crippen LogP) is 3.72. The number of halogens is 2. The molecule has 3 rings (SSSR count). The second kappa shape index (κ2) is 5.42. The fraction of sp³-hybridized carbons (Fsp3) is 0.143. The molecule has 1 aliphatic heterocycles. The largest absolute Gasteiger partial charge is 0.384 e. The van der Waals surface area contributed by atoms with Gasteiger partial charge < -0.3 is 10.6 Å². The molecule has 0 saturated heterocycles. The van der Waals surface area contributed by atoms with E-state index in [0.717, 1.165) is 18.7 Å². The minimum Gasteiger partial charge on any atom is -0.384 e. The van der Waals surface area contributed by atoms with E-state index >= 15 is 0 Å². The van der Waals surface area contributed by atoms with Crippen LogP contribution in [-0.4, -0.2) is 17.4 Å². The standard InChI is InChI=1S/C14H11BrClN3O/c15-11-6-10(7-18-13(11)16)19-14(20)9-2-1-8-3-4-17-12(8)5-9/h1-2,5-7,17H,3-4H2,(H,19,20). The average Bonchev–Trinajstić information content (AvgIpc) is 2.90. The van der Waals surface area contributed by atoms with Crippen molar-refractivity contribution >= 4 is 44.8 Å². The molecule has 2 heterocycles. The highest BCUT2D eigenvalue weighted by Crippen LogP contribution is 2.25. The van der Waals surface area contributed by atoms with Gasteiger partial charge in [-0.05, 0) is 46.1 Å². The van der Waals surface area contributed by atoms with Crippen LogP contribution in [0.2, 0.25) is 5.15 Å². The van der Waals surface area contributed by atoms with Crippen molar-refractivity contribution in [1.82, 2.24) is 4.98 Å². The summed E-state index contributed by atoms with van der Waals surface area (Å²) in [6.07, 6.45) is 2.53. The Hall–Kier alpha value is -1.59. The Morgan fingerprint density at radius 3 is 3.05 bits per heavy atom. The Labute approximate surface area is 129 Å². The van der Waals surface area contributed by atoms with Crippen molar-refractivity contribution in [2.75, 3.05) is 17.2 Å². The number of amides is 1. The van der Waals surface area contributed by atoms with Crippen molar-refractivity contribution in [3.63, 3.8) is 0 Å². The molecule has 0 spiro atoms. The Morgan fingerprint density at radius 2 is 2.25 bits per heavy atom. The molecule has 0 aliphatic carbocycles. The van der Waals surface area contributed by atoms with E-state index in [4.69, 9.17) is 11.6 Å². The zero-order valence-electron chi connectivity index (χ0n) is 10.4. The van der Waals surface area contributed by atoms with Gasteiger partial charge in [0.15, 0.2) is 0 Å². The number of hydrogen-bond acceptors (Lipinski definition) is 3. The molecule has 0 radical (unpaired) electrons. The van der Waals surface area contributed by atoms with Gasteiger partial charge >= 0.3 is 0 Å². The van der Waals surface area contributed by atoms with Crippen LogP contribution in [0.3, 0.4) is 0 Å². The molecular weight excluding hydrogens is 342 g/mol. The van der Waals surface area contributed by atoms with E-state index in [0.29, 0.717) is 20.9 Å². The minimum absolute atomic E-state index is 0.169. The maximum atomic E-state index is 12.2. The van der Waals surface area contributed by atoms with Gasteiger partial charge in [0.05, 0.1) is 16.4 Å². The van der Waals surface area contributed by atoms with Gasteiger partial charge in [-0.1, -0.05) is 17.7 Å². The molecule has 1 amide bonds. The molecule has 2 N–H and O–H groups in total. The summed E-state index contributed by atoms with van der Waals surface area (Å²) in [7, 11) is 0. The average molecular weight is 353 g/mol. The van der Waals surface area contributed by atoms with Crippen molar-refractivity contribution in [3.05, 3.63) is 51.2 Å². The van der Waals surface area contributed by atoms with Gasteiger partial charge in [0.25, 0.3) is 5.91 Å². The molecule has 0 saturated carbocycles.